The van der Waals surface area contributed by atoms with E-state index in [1.54, 1.807) is 0 Å². The highest BCUT2D eigenvalue weighted by Crippen LogP contribution is 2.42. The van der Waals surface area contributed by atoms with E-state index >= 15 is 0 Å². The molecule has 10 rings (SSSR count). The number of hydrogen-bond acceptors (Lipinski definition) is 3. The molecule has 218 valence electrons. The first kappa shape index (κ1) is 11.1. The Kier molecular flexibility index (Phi) is 2.39. The molecule has 0 amide bonds. The molecule has 0 saturated heterocycles. The molecular formula is C43H26N4. The summed E-state index contributed by atoms with van der Waals surface area (Å²) in [5, 5.41) is -2.42. The van der Waals surface area contributed by atoms with E-state index in [2.05, 4.69) is 15.0 Å². The molecule has 0 aliphatic heterocycles. The van der Waals surface area contributed by atoms with Crippen molar-refractivity contribution in [2.75, 3.05) is 0 Å². The smallest absolute Gasteiger partial charge is 0.164 e. The van der Waals surface area contributed by atoms with Gasteiger partial charge in [-0.2, -0.15) is 0 Å². The average molecular weight is 625 g/mol. The van der Waals surface area contributed by atoms with Crippen LogP contribution in [0.15, 0.2) is 157 Å². The minimum atomic E-state index is -1.00. The quantitative estimate of drug-likeness (QED) is 0.145. The van der Waals surface area contributed by atoms with E-state index in [0.717, 1.165) is 4.40 Å². The lowest BCUT2D eigenvalue weighted by Gasteiger charge is -2.14. The molecule has 0 atom stereocenters. The van der Waals surface area contributed by atoms with Gasteiger partial charge in [0.2, 0.25) is 0 Å². The van der Waals surface area contributed by atoms with Gasteiger partial charge in [-0.05, 0) is 46.1 Å². The van der Waals surface area contributed by atoms with Gasteiger partial charge in [-0.25, -0.2) is 15.0 Å². The molecule has 0 fully saturated rings. The highest BCUT2D eigenvalue weighted by Gasteiger charge is 2.20. The van der Waals surface area contributed by atoms with Crippen LogP contribution in [0.3, 0.4) is 0 Å². The number of benzene rings is 7. The first-order valence-electron chi connectivity index (χ1n) is 26.8. The zero-order valence-corrected chi connectivity index (χ0v) is 23.3. The van der Waals surface area contributed by atoms with Crippen LogP contribution in [0.5, 0.6) is 0 Å². The van der Waals surface area contributed by atoms with Crippen LogP contribution in [0.1, 0.15) is 35.6 Å². The Morgan fingerprint density at radius 2 is 0.872 bits per heavy atom. The average Bonchev–Trinajstić information content (AvgIpc) is 3.71. The normalized spacial score (nSPS) is 19.6. The van der Waals surface area contributed by atoms with Gasteiger partial charge >= 0.3 is 0 Å². The third-order valence-electron chi connectivity index (χ3n) is 7.47. The summed E-state index contributed by atoms with van der Waals surface area (Å²) in [6.45, 7) is 0. The fourth-order valence-corrected chi connectivity index (χ4v) is 5.52. The van der Waals surface area contributed by atoms with Crippen molar-refractivity contribution in [3.8, 4) is 45.3 Å². The Morgan fingerprint density at radius 3 is 1.60 bits per heavy atom. The molecule has 3 heterocycles. The van der Waals surface area contributed by atoms with Crippen molar-refractivity contribution < 1.29 is 35.6 Å². The molecule has 4 heteroatoms. The second-order valence-corrected chi connectivity index (χ2v) is 10.1. The Bertz CT molecular complexity index is 4190. The fraction of sp³-hybridized carbons (Fsp3) is 0. The number of para-hydroxylation sites is 1. The molecule has 0 spiro atoms. The zero-order chi connectivity index (χ0) is 53.5. The lowest BCUT2D eigenvalue weighted by molar-refractivity contribution is 1.07. The van der Waals surface area contributed by atoms with Gasteiger partial charge in [0.05, 0.1) is 52.2 Å². The molecule has 3 aromatic heterocycles. The highest BCUT2D eigenvalue weighted by molar-refractivity contribution is 6.27. The van der Waals surface area contributed by atoms with Gasteiger partial charge in [-0.1, -0.05) is 133 Å². The Morgan fingerprint density at radius 1 is 0.383 bits per heavy atom. The minimum Gasteiger partial charge on any atom is -0.308 e. The SMILES string of the molecule is [2H]c1c([2H])c([2H])c(-c2nc(-c3c([2H])c([2H])c(-c4c([2H])c([2H])c([2H])c([2H])c4[2H])c([2H])c3[2H])nc(-c3c([2H])c4c5c([2H])c([2H])c([2H])c6c([2H])c([2H])c([2H])c(c65)n5c6c([2H])c([2H])c([2H])c([2H])c6c(c3[2H])c45)n2)c([2H])c1[2H]. The molecule has 0 aliphatic carbocycles. The Labute approximate surface area is 307 Å². The first-order chi connectivity index (χ1) is 34.1. The van der Waals surface area contributed by atoms with Gasteiger partial charge in [-0.3, -0.25) is 0 Å². The Hall–Kier alpha value is -6.39. The maximum Gasteiger partial charge on any atom is 0.164 e. The van der Waals surface area contributed by atoms with Gasteiger partial charge < -0.3 is 4.40 Å². The Balaban J connectivity index is 1.45. The molecular weight excluding hydrogens is 573 g/mol. The van der Waals surface area contributed by atoms with Crippen molar-refractivity contribution in [2.45, 2.75) is 0 Å². The van der Waals surface area contributed by atoms with Gasteiger partial charge in [0, 0.05) is 38.2 Å². The van der Waals surface area contributed by atoms with Crippen LogP contribution in [0.4, 0.5) is 0 Å². The monoisotopic (exact) mass is 624 g/mol. The molecule has 0 N–H and O–H groups in total. The van der Waals surface area contributed by atoms with Crippen LogP contribution in [0.25, 0.3) is 94.2 Å². The van der Waals surface area contributed by atoms with E-state index in [4.69, 9.17) is 27.4 Å². The summed E-state index contributed by atoms with van der Waals surface area (Å²) < 4.78 is 231. The van der Waals surface area contributed by atoms with Crippen molar-refractivity contribution >= 4 is 48.9 Å². The first-order valence-corrected chi connectivity index (χ1v) is 13.8. The summed E-state index contributed by atoms with van der Waals surface area (Å²) in [7, 11) is 0. The standard InChI is InChI=1S/C43H26N4/c1-3-11-27(12-4-1)28-21-23-31(24-22-28)42-44-41(30-13-5-2-6-14-30)45-43(46-42)32-25-35-33-17-7-8-19-37(33)47-38-20-10-16-29-15-9-18-34(39(29)38)36(26-32)40(35)47/h1-26H/i1D,2D,3D,4D,5D,6D,7D,8D,9D,10D,11D,12D,13D,14D,15D,16D,17D,18D,19D,20D,21D,22D,23D,24D,25D,26D. The summed E-state index contributed by atoms with van der Waals surface area (Å²) in [4.78, 5) is 13.1. The van der Waals surface area contributed by atoms with Gasteiger partial charge in [0.1, 0.15) is 0 Å². The van der Waals surface area contributed by atoms with E-state index in [-0.39, 0.29) is 16.4 Å². The van der Waals surface area contributed by atoms with Crippen LogP contribution >= 0.6 is 0 Å². The van der Waals surface area contributed by atoms with E-state index in [1.165, 1.54) is 0 Å². The van der Waals surface area contributed by atoms with Gasteiger partial charge in [-0.15, -0.1) is 0 Å². The molecule has 0 bridgehead atoms. The van der Waals surface area contributed by atoms with E-state index < -0.39 is 235 Å². The summed E-state index contributed by atoms with van der Waals surface area (Å²) in [5.41, 5.74) is -4.78. The van der Waals surface area contributed by atoms with Crippen LogP contribution < -0.4 is 0 Å². The number of hydrogen-bond donors (Lipinski definition) is 0. The van der Waals surface area contributed by atoms with Crippen LogP contribution in [-0.4, -0.2) is 19.4 Å². The second kappa shape index (κ2) is 10.1. The number of aromatic nitrogens is 4. The lowest BCUT2D eigenvalue weighted by atomic mass is 9.97. The molecule has 4 nitrogen and oxygen atoms in total. The molecule has 0 radical (unpaired) electrons. The topological polar surface area (TPSA) is 43.1 Å². The van der Waals surface area contributed by atoms with Crippen molar-refractivity contribution in [2.24, 2.45) is 0 Å². The summed E-state index contributed by atoms with van der Waals surface area (Å²) in [6, 6.07) is -21.9. The minimum absolute atomic E-state index is 0.311. The van der Waals surface area contributed by atoms with Crippen molar-refractivity contribution in [3.05, 3.63) is 157 Å². The fourth-order valence-electron chi connectivity index (χ4n) is 5.52. The number of rotatable bonds is 4. The molecule has 7 aromatic carbocycles. The van der Waals surface area contributed by atoms with Crippen molar-refractivity contribution in [3.63, 3.8) is 0 Å². The molecule has 0 aliphatic rings. The molecule has 0 saturated carbocycles. The highest BCUT2D eigenvalue weighted by atomic mass is 15.0. The van der Waals surface area contributed by atoms with Gasteiger partial charge in [0.25, 0.3) is 0 Å². The van der Waals surface area contributed by atoms with E-state index in [9.17, 15) is 8.22 Å². The predicted octanol–water partition coefficient (Wildman–Crippen LogP) is 10.8. The van der Waals surface area contributed by atoms with E-state index in [0.29, 0.717) is 0 Å². The number of pyridine rings is 1. The summed E-state index contributed by atoms with van der Waals surface area (Å²) in [5.74, 6) is -2.54. The van der Waals surface area contributed by atoms with Crippen molar-refractivity contribution in [1.82, 2.24) is 19.4 Å². The predicted molar refractivity (Wildman–Crippen MR) is 194 cm³/mol. The van der Waals surface area contributed by atoms with E-state index in [1.807, 2.05) is 0 Å². The largest absolute Gasteiger partial charge is 0.308 e. The lowest BCUT2D eigenvalue weighted by Crippen LogP contribution is -2.00. The number of nitrogens with zero attached hydrogens (tertiary/aromatic N) is 4. The number of fused-ring (bicyclic) bond motifs is 5. The molecule has 0 unspecified atom stereocenters. The zero-order valence-electron chi connectivity index (χ0n) is 49.3. The second-order valence-electron chi connectivity index (χ2n) is 10.1. The third-order valence-corrected chi connectivity index (χ3v) is 7.47. The van der Waals surface area contributed by atoms with Crippen molar-refractivity contribution in [1.29, 1.82) is 0 Å². The van der Waals surface area contributed by atoms with Gasteiger partial charge in [0.15, 0.2) is 17.5 Å². The maximum atomic E-state index is 9.98. The maximum absolute atomic E-state index is 9.98. The molecule has 47 heavy (non-hydrogen) atoms. The van der Waals surface area contributed by atoms with Crippen LogP contribution in [0.2, 0.25) is 0 Å². The molecule has 10 aromatic rings. The summed E-state index contributed by atoms with van der Waals surface area (Å²) in [6.07, 6.45) is 0. The summed E-state index contributed by atoms with van der Waals surface area (Å²) >= 11 is 0. The van der Waals surface area contributed by atoms with Crippen LogP contribution in [0, 0.1) is 0 Å². The van der Waals surface area contributed by atoms with Crippen LogP contribution in [-0.2, 0) is 0 Å². The third kappa shape index (κ3) is 3.98.